The molecule has 1 amide bonds. The zero-order valence-electron chi connectivity index (χ0n) is 11.1. The fraction of sp³-hybridized carbons (Fsp3) is 0.286. The molecular formula is C14H12ClNO4S. The van der Waals surface area contributed by atoms with Crippen molar-refractivity contribution in [2.45, 2.75) is 17.4 Å². The number of benzene rings is 1. The number of amides is 1. The van der Waals surface area contributed by atoms with E-state index in [1.165, 1.54) is 16.7 Å². The highest BCUT2D eigenvalue weighted by atomic mass is 35.5. The first-order valence-electron chi connectivity index (χ1n) is 6.24. The lowest BCUT2D eigenvalue weighted by atomic mass is 10.1. The SMILES string of the molecule is COc1ccc(COC(=O)C2=CS[C@@H]3[C@@H](Cl)C(=O)N23)cc1. The monoisotopic (exact) mass is 325 g/mol. The fourth-order valence-corrected chi connectivity index (χ4v) is 3.56. The van der Waals surface area contributed by atoms with Crippen molar-refractivity contribution < 1.29 is 19.1 Å². The molecule has 1 aromatic carbocycles. The van der Waals surface area contributed by atoms with E-state index in [0.717, 1.165) is 11.3 Å². The molecule has 3 rings (SSSR count). The van der Waals surface area contributed by atoms with Crippen LogP contribution in [-0.2, 0) is 20.9 Å². The van der Waals surface area contributed by atoms with Crippen LogP contribution in [0.15, 0.2) is 35.4 Å². The summed E-state index contributed by atoms with van der Waals surface area (Å²) in [5.74, 6) is -0.0285. The van der Waals surface area contributed by atoms with Crippen molar-refractivity contribution in [2.75, 3.05) is 7.11 Å². The third kappa shape index (κ3) is 2.49. The maximum Gasteiger partial charge on any atom is 0.355 e. The summed E-state index contributed by atoms with van der Waals surface area (Å²) in [6.45, 7) is 0.141. The molecule has 1 saturated heterocycles. The molecule has 21 heavy (non-hydrogen) atoms. The van der Waals surface area contributed by atoms with Crippen LogP contribution in [0, 0.1) is 0 Å². The van der Waals surface area contributed by atoms with E-state index in [-0.39, 0.29) is 23.6 Å². The minimum Gasteiger partial charge on any atom is -0.497 e. The molecule has 0 N–H and O–H groups in total. The van der Waals surface area contributed by atoms with Crippen LogP contribution < -0.4 is 4.74 Å². The highest BCUT2D eigenvalue weighted by Crippen LogP contribution is 2.43. The van der Waals surface area contributed by atoms with Crippen molar-refractivity contribution in [3.63, 3.8) is 0 Å². The molecule has 7 heteroatoms. The molecule has 0 unspecified atom stereocenters. The van der Waals surface area contributed by atoms with E-state index >= 15 is 0 Å². The van der Waals surface area contributed by atoms with Gasteiger partial charge in [-0.3, -0.25) is 9.69 Å². The molecule has 0 radical (unpaired) electrons. The molecule has 5 nitrogen and oxygen atoms in total. The van der Waals surface area contributed by atoms with Crippen molar-refractivity contribution in [2.24, 2.45) is 0 Å². The number of rotatable bonds is 4. The fourth-order valence-electron chi connectivity index (χ4n) is 2.10. The van der Waals surface area contributed by atoms with Gasteiger partial charge in [0, 0.05) is 5.41 Å². The molecule has 0 aliphatic carbocycles. The summed E-state index contributed by atoms with van der Waals surface area (Å²) in [5, 5.41) is 0.891. The molecule has 1 fully saturated rings. The second-order valence-corrected chi connectivity index (χ2v) is 6.02. The molecular weight excluding hydrogens is 314 g/mol. The maximum absolute atomic E-state index is 12.0. The topological polar surface area (TPSA) is 55.8 Å². The second-order valence-electron chi connectivity index (χ2n) is 4.56. The molecule has 2 aliphatic heterocycles. The summed E-state index contributed by atoms with van der Waals surface area (Å²) >= 11 is 7.22. The number of nitrogens with zero attached hydrogens (tertiary/aromatic N) is 1. The van der Waals surface area contributed by atoms with Gasteiger partial charge in [0.15, 0.2) is 0 Å². The molecule has 0 saturated carbocycles. The third-order valence-corrected chi connectivity index (χ3v) is 4.99. The van der Waals surface area contributed by atoms with Gasteiger partial charge in [-0.25, -0.2) is 4.79 Å². The van der Waals surface area contributed by atoms with Crippen molar-refractivity contribution in [3.8, 4) is 5.75 Å². The van der Waals surface area contributed by atoms with Gasteiger partial charge in [0.2, 0.25) is 5.91 Å². The van der Waals surface area contributed by atoms with Gasteiger partial charge < -0.3 is 9.47 Å². The first-order valence-corrected chi connectivity index (χ1v) is 7.62. The Morgan fingerprint density at radius 1 is 1.38 bits per heavy atom. The highest BCUT2D eigenvalue weighted by Gasteiger charge is 2.53. The Labute approximate surface area is 130 Å². The zero-order valence-corrected chi connectivity index (χ0v) is 12.7. The van der Waals surface area contributed by atoms with Crippen LogP contribution in [0.2, 0.25) is 0 Å². The van der Waals surface area contributed by atoms with E-state index in [9.17, 15) is 9.59 Å². The van der Waals surface area contributed by atoms with Crippen LogP contribution in [0.5, 0.6) is 5.75 Å². The number of halogens is 1. The van der Waals surface area contributed by atoms with E-state index in [1.807, 2.05) is 12.1 Å². The first kappa shape index (κ1) is 14.3. The average molecular weight is 326 g/mol. The Hall–Kier alpha value is -1.66. The normalized spacial score (nSPS) is 23.2. The summed E-state index contributed by atoms with van der Waals surface area (Å²) in [4.78, 5) is 25.0. The molecule has 2 heterocycles. The number of esters is 1. The predicted octanol–water partition coefficient (Wildman–Crippen LogP) is 2.10. The van der Waals surface area contributed by atoms with Gasteiger partial charge in [0.25, 0.3) is 0 Å². The molecule has 110 valence electrons. The van der Waals surface area contributed by atoms with Gasteiger partial charge in [-0.15, -0.1) is 23.4 Å². The lowest BCUT2D eigenvalue weighted by Crippen LogP contribution is -2.58. The van der Waals surface area contributed by atoms with Crippen LogP contribution in [0.3, 0.4) is 0 Å². The Balaban J connectivity index is 1.58. The number of hydrogen-bond acceptors (Lipinski definition) is 5. The summed E-state index contributed by atoms with van der Waals surface area (Å²) < 4.78 is 10.3. The number of fused-ring (bicyclic) bond motifs is 1. The standard InChI is InChI=1S/C14H12ClNO4S/c1-19-9-4-2-8(3-5-9)6-20-14(18)10-7-21-13-11(15)12(17)16(10)13/h2-5,7,11,13H,6H2,1H3/t11-,13+/m0/s1. The molecule has 1 aromatic rings. The van der Waals surface area contributed by atoms with Crippen molar-refractivity contribution in [1.82, 2.24) is 4.90 Å². The number of alkyl halides is 1. The molecule has 0 spiro atoms. The molecule has 2 aliphatic rings. The number of carbonyl (C=O) groups is 2. The third-order valence-electron chi connectivity index (χ3n) is 3.29. The Morgan fingerprint density at radius 2 is 2.10 bits per heavy atom. The Kier molecular flexibility index (Phi) is 3.82. The van der Waals surface area contributed by atoms with Gasteiger partial charge in [0.05, 0.1) is 7.11 Å². The number of carbonyl (C=O) groups excluding carboxylic acids is 2. The van der Waals surface area contributed by atoms with Gasteiger partial charge in [-0.1, -0.05) is 12.1 Å². The van der Waals surface area contributed by atoms with Crippen molar-refractivity contribution >= 4 is 35.2 Å². The molecule has 0 bridgehead atoms. The number of ether oxygens (including phenoxy) is 2. The van der Waals surface area contributed by atoms with Crippen LogP contribution in [0.25, 0.3) is 0 Å². The number of thioether (sulfide) groups is 1. The van der Waals surface area contributed by atoms with E-state index in [0.29, 0.717) is 0 Å². The van der Waals surface area contributed by atoms with Gasteiger partial charge in [0.1, 0.15) is 28.8 Å². The number of methoxy groups -OCH3 is 1. The highest BCUT2D eigenvalue weighted by molar-refractivity contribution is 8.03. The van der Waals surface area contributed by atoms with Crippen LogP contribution in [0.1, 0.15) is 5.56 Å². The van der Waals surface area contributed by atoms with Gasteiger partial charge in [-0.2, -0.15) is 0 Å². The summed E-state index contributed by atoms with van der Waals surface area (Å²) in [7, 11) is 1.59. The van der Waals surface area contributed by atoms with Gasteiger partial charge >= 0.3 is 5.97 Å². The predicted molar refractivity (Wildman–Crippen MR) is 78.7 cm³/mol. The summed E-state index contributed by atoms with van der Waals surface area (Å²) in [5.41, 5.74) is 1.11. The average Bonchev–Trinajstić information content (AvgIpc) is 2.93. The lowest BCUT2D eigenvalue weighted by Gasteiger charge is -2.38. The second kappa shape index (κ2) is 5.61. The lowest BCUT2D eigenvalue weighted by molar-refractivity contribution is -0.149. The van der Waals surface area contributed by atoms with Crippen LogP contribution in [0.4, 0.5) is 0 Å². The van der Waals surface area contributed by atoms with E-state index < -0.39 is 11.3 Å². The Bertz CT molecular complexity index is 616. The van der Waals surface area contributed by atoms with Crippen LogP contribution in [-0.4, -0.2) is 34.6 Å². The first-order chi connectivity index (χ1) is 10.1. The number of β-lactam (4-membered cyclic amide) rings is 1. The quantitative estimate of drug-likeness (QED) is 0.482. The summed E-state index contributed by atoms with van der Waals surface area (Å²) in [6, 6.07) is 7.22. The zero-order chi connectivity index (χ0) is 15.0. The van der Waals surface area contributed by atoms with Gasteiger partial charge in [-0.05, 0) is 17.7 Å². The molecule has 0 aromatic heterocycles. The van der Waals surface area contributed by atoms with E-state index in [1.54, 1.807) is 24.7 Å². The minimum atomic E-state index is -0.557. The number of hydrogen-bond donors (Lipinski definition) is 0. The Morgan fingerprint density at radius 3 is 2.76 bits per heavy atom. The van der Waals surface area contributed by atoms with E-state index in [4.69, 9.17) is 21.1 Å². The minimum absolute atomic E-state index is 0.141. The van der Waals surface area contributed by atoms with E-state index in [2.05, 4.69) is 0 Å². The van der Waals surface area contributed by atoms with Crippen molar-refractivity contribution in [1.29, 1.82) is 0 Å². The van der Waals surface area contributed by atoms with Crippen LogP contribution >= 0.6 is 23.4 Å². The molecule has 2 atom stereocenters. The smallest absolute Gasteiger partial charge is 0.355 e. The largest absolute Gasteiger partial charge is 0.497 e. The maximum atomic E-state index is 12.0. The summed E-state index contributed by atoms with van der Waals surface area (Å²) in [6.07, 6.45) is 0. The van der Waals surface area contributed by atoms with Crippen molar-refractivity contribution in [3.05, 3.63) is 40.9 Å².